The highest BCUT2D eigenvalue weighted by Crippen LogP contribution is 2.28. The molecule has 5 rings (SSSR count). The Morgan fingerprint density at radius 1 is 1.07 bits per heavy atom. The Kier molecular flexibility index (Phi) is 3.89. The van der Waals surface area contributed by atoms with Gasteiger partial charge in [-0.3, -0.25) is 0 Å². The summed E-state index contributed by atoms with van der Waals surface area (Å²) in [6, 6.07) is 14.9. The zero-order valence-electron chi connectivity index (χ0n) is 15.2. The molecule has 6 heteroatoms. The van der Waals surface area contributed by atoms with Crippen molar-refractivity contribution in [3.63, 3.8) is 0 Å². The minimum atomic E-state index is 0.535. The van der Waals surface area contributed by atoms with Crippen molar-refractivity contribution >= 4 is 16.7 Å². The van der Waals surface area contributed by atoms with Gasteiger partial charge >= 0.3 is 0 Å². The molecule has 27 heavy (non-hydrogen) atoms. The van der Waals surface area contributed by atoms with Gasteiger partial charge in [0.25, 0.3) is 5.89 Å². The molecule has 0 aliphatic carbocycles. The summed E-state index contributed by atoms with van der Waals surface area (Å²) in [5.74, 6) is 1.11. The molecule has 1 fully saturated rings. The van der Waals surface area contributed by atoms with Crippen LogP contribution in [0.25, 0.3) is 33.9 Å². The molecule has 1 aliphatic rings. The van der Waals surface area contributed by atoms with Crippen LogP contribution < -0.4 is 4.90 Å². The Morgan fingerprint density at radius 2 is 1.93 bits per heavy atom. The van der Waals surface area contributed by atoms with Gasteiger partial charge in [0.05, 0.1) is 17.4 Å². The molecule has 1 N–H and O–H groups in total. The molecule has 0 amide bonds. The first-order valence-electron chi connectivity index (χ1n) is 9.42. The maximum atomic E-state index is 5.50. The minimum Gasteiger partial charge on any atom is -0.369 e. The number of nitrogens with zero attached hydrogens (tertiary/aromatic N) is 4. The second-order valence-electron chi connectivity index (χ2n) is 7.14. The average molecular weight is 359 g/mol. The molecule has 0 saturated carbocycles. The molecule has 2 aromatic heterocycles. The minimum absolute atomic E-state index is 0.535. The van der Waals surface area contributed by atoms with E-state index in [1.54, 1.807) is 6.33 Å². The molecule has 0 radical (unpaired) electrons. The average Bonchev–Trinajstić information content (AvgIpc) is 3.37. The van der Waals surface area contributed by atoms with Crippen LogP contribution in [0.1, 0.15) is 26.2 Å². The van der Waals surface area contributed by atoms with Crippen LogP contribution in [0.4, 0.5) is 5.69 Å². The summed E-state index contributed by atoms with van der Waals surface area (Å²) >= 11 is 0. The summed E-state index contributed by atoms with van der Waals surface area (Å²) in [6.07, 6.45) is 5.53. The third-order valence-electron chi connectivity index (χ3n) is 5.35. The normalized spacial score (nSPS) is 17.5. The van der Waals surface area contributed by atoms with Gasteiger partial charge in [0.1, 0.15) is 0 Å². The van der Waals surface area contributed by atoms with Gasteiger partial charge in [0.15, 0.2) is 0 Å². The number of hydrogen-bond acceptors (Lipinski definition) is 5. The van der Waals surface area contributed by atoms with E-state index in [9.17, 15) is 0 Å². The van der Waals surface area contributed by atoms with Crippen molar-refractivity contribution < 1.29 is 4.52 Å². The molecule has 4 aromatic rings. The van der Waals surface area contributed by atoms with E-state index in [1.807, 2.05) is 18.2 Å². The van der Waals surface area contributed by atoms with Crippen molar-refractivity contribution in [2.75, 3.05) is 11.4 Å². The number of aromatic amines is 1. The third kappa shape index (κ3) is 2.97. The summed E-state index contributed by atoms with van der Waals surface area (Å²) in [7, 11) is 0. The molecule has 136 valence electrons. The summed E-state index contributed by atoms with van der Waals surface area (Å²) < 4.78 is 5.50. The Morgan fingerprint density at radius 3 is 2.78 bits per heavy atom. The number of piperidine rings is 1. The molecule has 1 unspecified atom stereocenters. The van der Waals surface area contributed by atoms with E-state index in [0.29, 0.717) is 17.8 Å². The second kappa shape index (κ2) is 6.54. The van der Waals surface area contributed by atoms with Crippen LogP contribution in [0, 0.1) is 0 Å². The molecule has 2 aromatic carbocycles. The molecule has 0 bridgehead atoms. The Labute approximate surface area is 157 Å². The van der Waals surface area contributed by atoms with E-state index < -0.39 is 0 Å². The SMILES string of the molecule is CC1CCCCN1c1ccc(-c2nc(-c3ccc4nc[nH]c4c3)no2)cc1. The topological polar surface area (TPSA) is 70.8 Å². The number of fused-ring (bicyclic) bond motifs is 1. The van der Waals surface area contributed by atoms with Gasteiger partial charge < -0.3 is 14.4 Å². The van der Waals surface area contributed by atoms with Gasteiger partial charge in [-0.2, -0.15) is 4.98 Å². The standard InChI is InChI=1S/C21H21N5O/c1-14-4-2-3-11-26(14)17-8-5-15(6-9-17)21-24-20(25-27-21)16-7-10-18-19(12-16)23-13-22-18/h5-10,12-14H,2-4,11H2,1H3,(H,22,23). The van der Waals surface area contributed by atoms with E-state index in [4.69, 9.17) is 4.52 Å². The van der Waals surface area contributed by atoms with Crippen LogP contribution in [-0.4, -0.2) is 32.7 Å². The second-order valence-corrected chi connectivity index (χ2v) is 7.14. The van der Waals surface area contributed by atoms with E-state index in [0.717, 1.165) is 28.7 Å². The van der Waals surface area contributed by atoms with Crippen LogP contribution in [-0.2, 0) is 0 Å². The fourth-order valence-corrected chi connectivity index (χ4v) is 3.81. The lowest BCUT2D eigenvalue weighted by Gasteiger charge is -2.35. The highest BCUT2D eigenvalue weighted by atomic mass is 16.5. The molecule has 3 heterocycles. The molecule has 1 atom stereocenters. The third-order valence-corrected chi connectivity index (χ3v) is 5.35. The monoisotopic (exact) mass is 359 g/mol. The fourth-order valence-electron chi connectivity index (χ4n) is 3.81. The fraction of sp³-hybridized carbons (Fsp3) is 0.286. The lowest BCUT2D eigenvalue weighted by molar-refractivity contribution is 0.432. The van der Waals surface area contributed by atoms with Crippen molar-refractivity contribution in [3.05, 3.63) is 48.8 Å². The van der Waals surface area contributed by atoms with E-state index in [2.05, 4.69) is 56.2 Å². The Bertz CT molecular complexity index is 1070. The maximum absolute atomic E-state index is 5.50. The predicted molar refractivity (Wildman–Crippen MR) is 105 cm³/mol. The number of rotatable bonds is 3. The first kappa shape index (κ1) is 16.1. The molecule has 1 saturated heterocycles. The lowest BCUT2D eigenvalue weighted by Crippen LogP contribution is -2.37. The van der Waals surface area contributed by atoms with Crippen LogP contribution in [0.5, 0.6) is 0 Å². The van der Waals surface area contributed by atoms with Gasteiger partial charge in [-0.25, -0.2) is 4.98 Å². The summed E-state index contributed by atoms with van der Waals surface area (Å²) in [5, 5.41) is 4.15. The van der Waals surface area contributed by atoms with Gasteiger partial charge in [-0.1, -0.05) is 5.16 Å². The van der Waals surface area contributed by atoms with Crippen molar-refractivity contribution in [1.29, 1.82) is 0 Å². The van der Waals surface area contributed by atoms with E-state index >= 15 is 0 Å². The maximum Gasteiger partial charge on any atom is 0.258 e. The number of aromatic nitrogens is 4. The van der Waals surface area contributed by atoms with Crippen molar-refractivity contribution in [3.8, 4) is 22.8 Å². The summed E-state index contributed by atoms with van der Waals surface area (Å²) in [6.45, 7) is 3.43. The number of anilines is 1. The van der Waals surface area contributed by atoms with Crippen molar-refractivity contribution in [2.24, 2.45) is 0 Å². The Hall–Kier alpha value is -3.15. The summed E-state index contributed by atoms with van der Waals surface area (Å²) in [5.41, 5.74) is 4.98. The molecular weight excluding hydrogens is 338 g/mol. The summed E-state index contributed by atoms with van der Waals surface area (Å²) in [4.78, 5) is 14.4. The highest BCUT2D eigenvalue weighted by molar-refractivity contribution is 5.80. The molecule has 0 spiro atoms. The van der Waals surface area contributed by atoms with Gasteiger partial charge in [-0.05, 0) is 68.7 Å². The number of imidazole rings is 1. The van der Waals surface area contributed by atoms with Crippen LogP contribution >= 0.6 is 0 Å². The first-order valence-corrected chi connectivity index (χ1v) is 9.42. The van der Waals surface area contributed by atoms with Crippen LogP contribution in [0.3, 0.4) is 0 Å². The zero-order chi connectivity index (χ0) is 18.2. The number of hydrogen-bond donors (Lipinski definition) is 1. The van der Waals surface area contributed by atoms with Gasteiger partial charge in [-0.15, -0.1) is 0 Å². The smallest absolute Gasteiger partial charge is 0.258 e. The first-order chi connectivity index (χ1) is 13.3. The van der Waals surface area contributed by atoms with Gasteiger partial charge in [0, 0.05) is 29.4 Å². The highest BCUT2D eigenvalue weighted by Gasteiger charge is 2.19. The van der Waals surface area contributed by atoms with E-state index in [1.165, 1.54) is 24.9 Å². The Balaban J connectivity index is 1.40. The molecule has 6 nitrogen and oxygen atoms in total. The van der Waals surface area contributed by atoms with Crippen LogP contribution in [0.2, 0.25) is 0 Å². The quantitative estimate of drug-likeness (QED) is 0.576. The zero-order valence-corrected chi connectivity index (χ0v) is 15.2. The molecule has 1 aliphatic heterocycles. The van der Waals surface area contributed by atoms with Crippen molar-refractivity contribution in [1.82, 2.24) is 20.1 Å². The number of benzene rings is 2. The lowest BCUT2D eigenvalue weighted by atomic mass is 10.0. The largest absolute Gasteiger partial charge is 0.369 e. The number of H-pyrrole nitrogens is 1. The van der Waals surface area contributed by atoms with Gasteiger partial charge in [0.2, 0.25) is 5.82 Å². The van der Waals surface area contributed by atoms with Crippen molar-refractivity contribution in [2.45, 2.75) is 32.2 Å². The predicted octanol–water partition coefficient (Wildman–Crippen LogP) is 4.66. The van der Waals surface area contributed by atoms with Crippen LogP contribution in [0.15, 0.2) is 53.3 Å². The molecular formula is C21H21N5O. The van der Waals surface area contributed by atoms with E-state index in [-0.39, 0.29) is 0 Å². The number of nitrogens with one attached hydrogen (secondary N) is 1.